The molecule has 3 N–H and O–H groups in total. The zero-order chi connectivity index (χ0) is 22.2. The minimum absolute atomic E-state index is 0.0417. The number of carbonyl (C=O) groups excluding carboxylic acids is 3. The number of hydrogen-bond donors (Lipinski definition) is 2. The number of hydrogen-bond acceptors (Lipinski definition) is 11. The Morgan fingerprint density at radius 1 is 1.13 bits per heavy atom. The van der Waals surface area contributed by atoms with E-state index in [9.17, 15) is 19.2 Å². The molecule has 0 bridgehead atoms. The van der Waals surface area contributed by atoms with Crippen LogP contribution in [0.25, 0.3) is 11.2 Å². The van der Waals surface area contributed by atoms with Crippen LogP contribution in [0, 0.1) is 0 Å². The van der Waals surface area contributed by atoms with E-state index in [2.05, 4.69) is 30.9 Å². The number of halogens is 1. The molecule has 1 fully saturated rings. The first kappa shape index (κ1) is 21.7. The topological polar surface area (TPSA) is 178 Å². The largest absolute Gasteiger partial charge is 0.463 e. The smallest absolute Gasteiger partial charge is 0.303 e. The summed E-state index contributed by atoms with van der Waals surface area (Å²) in [5.74, 6) is -2.09. The molecular weight excluding hydrogens is 470 g/mol. The Morgan fingerprint density at radius 3 is 2.37 bits per heavy atom. The number of ether oxygens (including phenoxy) is 4. The van der Waals surface area contributed by atoms with E-state index in [1.165, 1.54) is 25.3 Å². The number of aromatic nitrogens is 4. The van der Waals surface area contributed by atoms with Gasteiger partial charge in [-0.05, 0) is 15.9 Å². The number of rotatable bonds is 5. The van der Waals surface area contributed by atoms with E-state index in [1.807, 2.05) is 0 Å². The van der Waals surface area contributed by atoms with Crippen LogP contribution in [0.3, 0.4) is 0 Å². The second kappa shape index (κ2) is 8.39. The Morgan fingerprint density at radius 2 is 1.77 bits per heavy atom. The van der Waals surface area contributed by atoms with E-state index in [1.54, 1.807) is 0 Å². The molecule has 13 nitrogen and oxygen atoms in total. The van der Waals surface area contributed by atoms with Crippen LogP contribution in [-0.4, -0.2) is 62.3 Å². The standard InChI is InChI=1S/C16H18BrN5O8/c1-5(23)27-4-8-10(28-6(2)24)11(29-7(3)25)14(30-8)22-12-9(19-15(22)17)13(26)21-16(18)20-12/h8,10-11,14H,4H2,1-3H3,(H3,18,20,21,26)/t8-,10?,11?,14-/m1/s1. The van der Waals surface area contributed by atoms with Crippen LogP contribution >= 0.6 is 15.9 Å². The minimum atomic E-state index is -1.16. The molecule has 1 aliphatic rings. The maximum absolute atomic E-state index is 12.2. The van der Waals surface area contributed by atoms with Crippen molar-refractivity contribution in [3.8, 4) is 0 Å². The lowest BCUT2D eigenvalue weighted by atomic mass is 10.1. The molecule has 3 rings (SSSR count). The van der Waals surface area contributed by atoms with Gasteiger partial charge < -0.3 is 24.7 Å². The minimum Gasteiger partial charge on any atom is -0.463 e. The van der Waals surface area contributed by atoms with Crippen molar-refractivity contribution in [3.63, 3.8) is 0 Å². The quantitative estimate of drug-likeness (QED) is 0.323. The summed E-state index contributed by atoms with van der Waals surface area (Å²) < 4.78 is 23.0. The Kier molecular flexibility index (Phi) is 6.07. The van der Waals surface area contributed by atoms with Crippen LogP contribution in [0.15, 0.2) is 9.53 Å². The van der Waals surface area contributed by atoms with Crippen molar-refractivity contribution in [2.24, 2.45) is 0 Å². The average Bonchev–Trinajstić information content (AvgIpc) is 3.10. The predicted molar refractivity (Wildman–Crippen MR) is 102 cm³/mol. The summed E-state index contributed by atoms with van der Waals surface area (Å²) in [7, 11) is 0. The first-order chi connectivity index (χ1) is 14.1. The van der Waals surface area contributed by atoms with Gasteiger partial charge >= 0.3 is 17.9 Å². The van der Waals surface area contributed by atoms with Gasteiger partial charge in [0.2, 0.25) is 5.95 Å². The fourth-order valence-corrected chi connectivity index (χ4v) is 3.65. The lowest BCUT2D eigenvalue weighted by molar-refractivity contribution is -0.166. The van der Waals surface area contributed by atoms with Gasteiger partial charge in [-0.25, -0.2) is 4.98 Å². The number of aromatic amines is 1. The number of nitrogens with one attached hydrogen (secondary N) is 1. The molecule has 1 saturated heterocycles. The normalized spacial score (nSPS) is 23.3. The molecular formula is C16H18BrN5O8. The Hall–Kier alpha value is -3.00. The number of nitrogens with two attached hydrogens (primary N) is 1. The van der Waals surface area contributed by atoms with Crippen molar-refractivity contribution < 1.29 is 33.3 Å². The maximum atomic E-state index is 12.2. The highest BCUT2D eigenvalue weighted by atomic mass is 79.9. The Balaban J connectivity index is 2.11. The second-order valence-electron chi connectivity index (χ2n) is 6.39. The number of carbonyl (C=O) groups is 3. The molecule has 1 aliphatic heterocycles. The number of H-pyrrole nitrogens is 1. The van der Waals surface area contributed by atoms with Gasteiger partial charge in [-0.2, -0.15) is 4.98 Å². The van der Waals surface area contributed by atoms with Crippen LogP contribution in [0.4, 0.5) is 5.95 Å². The molecule has 0 spiro atoms. The van der Waals surface area contributed by atoms with E-state index < -0.39 is 48.0 Å². The molecule has 0 amide bonds. The predicted octanol–water partition coefficient (Wildman–Crippen LogP) is -0.212. The summed E-state index contributed by atoms with van der Waals surface area (Å²) in [5.41, 5.74) is 5.05. The van der Waals surface area contributed by atoms with Crippen molar-refractivity contribution in [2.75, 3.05) is 12.3 Å². The van der Waals surface area contributed by atoms with Gasteiger partial charge in [-0.15, -0.1) is 0 Å². The molecule has 0 saturated carbocycles. The van der Waals surface area contributed by atoms with Crippen molar-refractivity contribution in [2.45, 2.75) is 45.3 Å². The molecule has 30 heavy (non-hydrogen) atoms. The monoisotopic (exact) mass is 487 g/mol. The van der Waals surface area contributed by atoms with Crippen LogP contribution in [0.2, 0.25) is 0 Å². The van der Waals surface area contributed by atoms with E-state index in [-0.39, 0.29) is 28.5 Å². The summed E-state index contributed by atoms with van der Waals surface area (Å²) in [4.78, 5) is 57.3. The van der Waals surface area contributed by atoms with E-state index in [4.69, 9.17) is 24.7 Å². The van der Waals surface area contributed by atoms with Crippen molar-refractivity contribution in [3.05, 3.63) is 15.1 Å². The highest BCUT2D eigenvalue weighted by Gasteiger charge is 2.51. The van der Waals surface area contributed by atoms with Crippen molar-refractivity contribution in [1.82, 2.24) is 19.5 Å². The first-order valence-electron chi connectivity index (χ1n) is 8.65. The van der Waals surface area contributed by atoms with E-state index >= 15 is 0 Å². The SMILES string of the molecule is CC(=O)OC[C@H]1O[C@@H](n2c(Br)nc3c(=O)[nH]c(N)nc32)C(OC(C)=O)C1OC(C)=O. The third kappa shape index (κ3) is 4.28. The van der Waals surface area contributed by atoms with Gasteiger partial charge in [0.15, 0.2) is 34.3 Å². The lowest BCUT2D eigenvalue weighted by Crippen LogP contribution is -2.40. The number of esters is 3. The number of anilines is 1. The third-order valence-electron chi connectivity index (χ3n) is 4.12. The number of fused-ring (bicyclic) bond motifs is 1. The van der Waals surface area contributed by atoms with Crippen LogP contribution in [0.5, 0.6) is 0 Å². The Bertz CT molecular complexity index is 1070. The van der Waals surface area contributed by atoms with Gasteiger partial charge in [0.1, 0.15) is 12.7 Å². The van der Waals surface area contributed by atoms with Gasteiger partial charge in [0.05, 0.1) is 0 Å². The molecule has 2 aromatic heterocycles. The summed E-state index contributed by atoms with van der Waals surface area (Å²) in [5, 5.41) is 0. The number of imidazole rings is 1. The fraction of sp³-hybridized carbons (Fsp3) is 0.500. The molecule has 4 atom stereocenters. The number of nitrogens with zero attached hydrogens (tertiary/aromatic N) is 3. The zero-order valence-corrected chi connectivity index (χ0v) is 17.7. The van der Waals surface area contributed by atoms with Crippen molar-refractivity contribution in [1.29, 1.82) is 0 Å². The maximum Gasteiger partial charge on any atom is 0.303 e. The zero-order valence-electron chi connectivity index (χ0n) is 16.1. The molecule has 14 heteroatoms. The number of nitrogen functional groups attached to an aromatic ring is 1. The molecule has 2 unspecified atom stereocenters. The highest BCUT2D eigenvalue weighted by Crippen LogP contribution is 2.37. The summed E-state index contributed by atoms with van der Waals surface area (Å²) in [6, 6.07) is 0. The van der Waals surface area contributed by atoms with E-state index in [0.29, 0.717) is 0 Å². The van der Waals surface area contributed by atoms with Crippen molar-refractivity contribution >= 4 is 51.0 Å². The van der Waals surface area contributed by atoms with Gasteiger partial charge in [0.25, 0.3) is 5.56 Å². The summed E-state index contributed by atoms with van der Waals surface area (Å²) in [6.45, 7) is 3.27. The Labute approximate surface area is 177 Å². The average molecular weight is 488 g/mol. The summed E-state index contributed by atoms with van der Waals surface area (Å²) >= 11 is 3.23. The second-order valence-corrected chi connectivity index (χ2v) is 7.10. The lowest BCUT2D eigenvalue weighted by Gasteiger charge is -2.24. The third-order valence-corrected chi connectivity index (χ3v) is 4.68. The fourth-order valence-electron chi connectivity index (χ4n) is 3.10. The molecule has 0 radical (unpaired) electrons. The highest BCUT2D eigenvalue weighted by molar-refractivity contribution is 9.10. The molecule has 0 aromatic carbocycles. The van der Waals surface area contributed by atoms with Gasteiger partial charge in [0, 0.05) is 20.8 Å². The summed E-state index contributed by atoms with van der Waals surface area (Å²) in [6.07, 6.45) is -4.38. The van der Waals surface area contributed by atoms with E-state index in [0.717, 1.165) is 0 Å². The molecule has 162 valence electrons. The van der Waals surface area contributed by atoms with Crippen LogP contribution in [0.1, 0.15) is 27.0 Å². The van der Waals surface area contributed by atoms with Crippen LogP contribution in [-0.2, 0) is 33.3 Å². The molecule has 0 aliphatic carbocycles. The molecule has 2 aromatic rings. The van der Waals surface area contributed by atoms with Gasteiger partial charge in [-0.3, -0.25) is 28.7 Å². The first-order valence-corrected chi connectivity index (χ1v) is 9.44. The molecule has 3 heterocycles. The van der Waals surface area contributed by atoms with Crippen LogP contribution < -0.4 is 11.3 Å². The van der Waals surface area contributed by atoms with Gasteiger partial charge in [-0.1, -0.05) is 0 Å².